The van der Waals surface area contributed by atoms with Crippen LogP contribution in [0.5, 0.6) is 0 Å². The Morgan fingerprint density at radius 1 is 1.29 bits per heavy atom. The number of aromatic nitrogens is 3. The predicted octanol–water partition coefficient (Wildman–Crippen LogP) is 1.97. The van der Waals surface area contributed by atoms with E-state index in [2.05, 4.69) is 15.2 Å². The van der Waals surface area contributed by atoms with Gasteiger partial charge in [0.2, 0.25) is 0 Å². The quantitative estimate of drug-likeness (QED) is 0.784. The van der Waals surface area contributed by atoms with Crippen LogP contribution in [-0.2, 0) is 11.8 Å². The number of hydrogen-bond acceptors (Lipinski definition) is 7. The molecule has 2 aromatic heterocycles. The minimum absolute atomic E-state index is 0.157. The molecule has 1 aromatic carbocycles. The lowest BCUT2D eigenvalue weighted by molar-refractivity contribution is 0.122. The molecule has 3 heterocycles. The minimum Gasteiger partial charge on any atom is -0.378 e. The topological polar surface area (TPSA) is 72.3 Å². The predicted molar refractivity (Wildman–Crippen MR) is 95.4 cm³/mol. The number of benzene rings is 1. The number of nitrogens with one attached hydrogen (secondary N) is 1. The summed E-state index contributed by atoms with van der Waals surface area (Å²) in [6.45, 7) is 3.22. The molecular weight excluding hydrogens is 326 g/mol. The largest absolute Gasteiger partial charge is 0.378 e. The number of aryl methyl sites for hydroxylation is 1. The summed E-state index contributed by atoms with van der Waals surface area (Å²) < 4.78 is 7.96. The van der Waals surface area contributed by atoms with Crippen molar-refractivity contribution in [1.82, 2.24) is 14.5 Å². The Morgan fingerprint density at radius 3 is 2.96 bits per heavy atom. The number of thiazole rings is 1. The van der Waals surface area contributed by atoms with Crippen molar-refractivity contribution in [2.75, 3.05) is 36.5 Å². The average molecular weight is 343 g/mol. The standard InChI is InChI=1S/C16H17N5O2S/c1-20-5-4-17-14(15(20)22)18-11-2-3-12-13(10-11)24-16(19-12)21-6-8-23-9-7-21/h2-5,10H,6-9H2,1H3,(H,17,18). The monoisotopic (exact) mass is 343 g/mol. The SMILES string of the molecule is Cn1ccnc(Nc2ccc3nc(N4CCOCC4)sc3c2)c1=O. The maximum atomic E-state index is 12.1. The van der Waals surface area contributed by atoms with Crippen molar-refractivity contribution in [2.24, 2.45) is 7.05 Å². The lowest BCUT2D eigenvalue weighted by atomic mass is 10.3. The smallest absolute Gasteiger partial charge is 0.293 e. The molecule has 0 atom stereocenters. The van der Waals surface area contributed by atoms with Gasteiger partial charge in [0.05, 0.1) is 23.4 Å². The summed E-state index contributed by atoms with van der Waals surface area (Å²) in [6.07, 6.45) is 3.24. The van der Waals surface area contributed by atoms with Crippen LogP contribution in [-0.4, -0.2) is 40.8 Å². The van der Waals surface area contributed by atoms with Crippen LogP contribution in [0.2, 0.25) is 0 Å². The molecule has 124 valence electrons. The van der Waals surface area contributed by atoms with E-state index in [4.69, 9.17) is 9.72 Å². The van der Waals surface area contributed by atoms with Crippen molar-refractivity contribution in [3.8, 4) is 0 Å². The number of ether oxygens (including phenoxy) is 1. The van der Waals surface area contributed by atoms with Crippen molar-refractivity contribution in [3.63, 3.8) is 0 Å². The molecule has 1 aliphatic rings. The molecule has 1 fully saturated rings. The van der Waals surface area contributed by atoms with Gasteiger partial charge in [-0.3, -0.25) is 4.79 Å². The summed E-state index contributed by atoms with van der Waals surface area (Å²) in [5.74, 6) is 0.317. The molecular formula is C16H17N5O2S. The van der Waals surface area contributed by atoms with Gasteiger partial charge in [-0.2, -0.15) is 0 Å². The number of rotatable bonds is 3. The van der Waals surface area contributed by atoms with E-state index in [0.717, 1.165) is 47.3 Å². The first kappa shape index (κ1) is 15.1. The summed E-state index contributed by atoms with van der Waals surface area (Å²) in [4.78, 5) is 23.1. The maximum absolute atomic E-state index is 12.1. The Morgan fingerprint density at radius 2 is 2.12 bits per heavy atom. The molecule has 1 saturated heterocycles. The van der Waals surface area contributed by atoms with Gasteiger partial charge in [-0.05, 0) is 18.2 Å². The normalized spacial score (nSPS) is 15.0. The van der Waals surface area contributed by atoms with Crippen LogP contribution in [0, 0.1) is 0 Å². The zero-order valence-corrected chi connectivity index (χ0v) is 14.0. The van der Waals surface area contributed by atoms with Crippen LogP contribution in [0.25, 0.3) is 10.2 Å². The van der Waals surface area contributed by atoms with E-state index in [1.54, 1.807) is 30.8 Å². The maximum Gasteiger partial charge on any atom is 0.293 e. The molecule has 0 unspecified atom stereocenters. The van der Waals surface area contributed by atoms with Gasteiger partial charge in [-0.15, -0.1) is 0 Å². The van der Waals surface area contributed by atoms with Crippen LogP contribution in [0.4, 0.5) is 16.6 Å². The zero-order chi connectivity index (χ0) is 16.5. The molecule has 8 heteroatoms. The van der Waals surface area contributed by atoms with Gasteiger partial charge in [-0.25, -0.2) is 9.97 Å². The Labute approximate surface area is 142 Å². The fraction of sp³-hybridized carbons (Fsp3) is 0.312. The first-order chi connectivity index (χ1) is 11.7. The molecule has 0 amide bonds. The molecule has 0 radical (unpaired) electrons. The van der Waals surface area contributed by atoms with E-state index in [0.29, 0.717) is 5.82 Å². The van der Waals surface area contributed by atoms with Gasteiger partial charge >= 0.3 is 0 Å². The third-order valence-corrected chi connectivity index (χ3v) is 5.02. The van der Waals surface area contributed by atoms with Crippen molar-refractivity contribution < 1.29 is 4.74 Å². The Kier molecular flexibility index (Phi) is 3.91. The van der Waals surface area contributed by atoms with Gasteiger partial charge in [0, 0.05) is 38.2 Å². The van der Waals surface area contributed by atoms with E-state index in [1.165, 1.54) is 4.57 Å². The van der Waals surface area contributed by atoms with Crippen LogP contribution in [0.1, 0.15) is 0 Å². The van der Waals surface area contributed by atoms with Crippen molar-refractivity contribution in [2.45, 2.75) is 0 Å². The number of morpholine rings is 1. The summed E-state index contributed by atoms with van der Waals surface area (Å²) in [7, 11) is 1.70. The minimum atomic E-state index is -0.157. The molecule has 1 N–H and O–H groups in total. The number of hydrogen-bond donors (Lipinski definition) is 1. The Balaban J connectivity index is 1.63. The molecule has 0 spiro atoms. The second-order valence-corrected chi connectivity index (χ2v) is 6.60. The molecule has 0 bridgehead atoms. The van der Waals surface area contributed by atoms with Gasteiger partial charge in [0.1, 0.15) is 0 Å². The van der Waals surface area contributed by atoms with Gasteiger partial charge in [0.25, 0.3) is 5.56 Å². The van der Waals surface area contributed by atoms with Gasteiger partial charge < -0.3 is 19.5 Å². The highest BCUT2D eigenvalue weighted by Crippen LogP contribution is 2.31. The summed E-state index contributed by atoms with van der Waals surface area (Å²) in [5, 5.41) is 4.11. The van der Waals surface area contributed by atoms with E-state index in [-0.39, 0.29) is 5.56 Å². The molecule has 0 saturated carbocycles. The first-order valence-electron chi connectivity index (χ1n) is 7.73. The summed E-state index contributed by atoms with van der Waals surface area (Å²) >= 11 is 1.65. The van der Waals surface area contributed by atoms with Crippen LogP contribution in [0.15, 0.2) is 35.4 Å². The molecule has 0 aliphatic carbocycles. The van der Waals surface area contributed by atoms with Gasteiger partial charge in [0.15, 0.2) is 10.9 Å². The van der Waals surface area contributed by atoms with Crippen LogP contribution < -0.4 is 15.8 Å². The van der Waals surface area contributed by atoms with Crippen molar-refractivity contribution >= 4 is 38.2 Å². The fourth-order valence-electron chi connectivity index (χ4n) is 2.60. The molecule has 24 heavy (non-hydrogen) atoms. The highest BCUT2D eigenvalue weighted by Gasteiger charge is 2.15. The van der Waals surface area contributed by atoms with Crippen LogP contribution in [0.3, 0.4) is 0 Å². The van der Waals surface area contributed by atoms with Gasteiger partial charge in [-0.1, -0.05) is 11.3 Å². The zero-order valence-electron chi connectivity index (χ0n) is 13.2. The highest BCUT2D eigenvalue weighted by molar-refractivity contribution is 7.22. The van der Waals surface area contributed by atoms with E-state index in [1.807, 2.05) is 18.2 Å². The summed E-state index contributed by atoms with van der Waals surface area (Å²) in [6, 6.07) is 5.88. The van der Waals surface area contributed by atoms with Crippen LogP contribution >= 0.6 is 11.3 Å². The molecule has 4 rings (SSSR count). The Hall–Kier alpha value is -2.45. The number of fused-ring (bicyclic) bond motifs is 1. The average Bonchev–Trinajstić information content (AvgIpc) is 3.03. The first-order valence-corrected chi connectivity index (χ1v) is 8.54. The lowest BCUT2D eigenvalue weighted by Crippen LogP contribution is -2.36. The van der Waals surface area contributed by atoms with E-state index < -0.39 is 0 Å². The number of nitrogens with zero attached hydrogens (tertiary/aromatic N) is 4. The third kappa shape index (κ3) is 2.85. The second kappa shape index (κ2) is 6.21. The summed E-state index contributed by atoms with van der Waals surface area (Å²) in [5.41, 5.74) is 1.63. The van der Waals surface area contributed by atoms with Crippen molar-refractivity contribution in [3.05, 3.63) is 40.9 Å². The molecule has 3 aromatic rings. The Bertz CT molecular complexity index is 930. The van der Waals surface area contributed by atoms with E-state index >= 15 is 0 Å². The third-order valence-electron chi connectivity index (χ3n) is 3.94. The van der Waals surface area contributed by atoms with Crippen molar-refractivity contribution in [1.29, 1.82) is 0 Å². The highest BCUT2D eigenvalue weighted by atomic mass is 32.1. The lowest BCUT2D eigenvalue weighted by Gasteiger charge is -2.25. The molecule has 7 nitrogen and oxygen atoms in total. The van der Waals surface area contributed by atoms with E-state index in [9.17, 15) is 4.79 Å². The fourth-order valence-corrected chi connectivity index (χ4v) is 3.66. The number of anilines is 3. The molecule has 1 aliphatic heterocycles. The second-order valence-electron chi connectivity index (χ2n) is 5.60.